The van der Waals surface area contributed by atoms with Crippen molar-refractivity contribution in [3.05, 3.63) is 71.8 Å². The molecular weight excluding hydrogens is 406 g/mol. The third-order valence-electron chi connectivity index (χ3n) is 3.68. The standard InChI is InChI=1S/C19H15ClF2N4OS/c1-2-9-26-18(13-5-3-4-6-14(13)20)24-25-19(26)28-11-17(27)23-12-7-8-15(21)16(22)10-12/h2-8,10H,1,9,11H2,(H,23,27). The molecule has 28 heavy (non-hydrogen) atoms. The third-order valence-corrected chi connectivity index (χ3v) is 4.98. The number of carbonyl (C=O) groups excluding carboxylic acids is 1. The molecule has 1 aromatic heterocycles. The van der Waals surface area contributed by atoms with Gasteiger partial charge in [0.1, 0.15) is 0 Å². The number of allylic oxidation sites excluding steroid dienone is 1. The van der Waals surface area contributed by atoms with Crippen molar-refractivity contribution in [2.24, 2.45) is 0 Å². The Bertz CT molecular complexity index is 1020. The van der Waals surface area contributed by atoms with E-state index in [1.165, 1.54) is 6.07 Å². The van der Waals surface area contributed by atoms with Gasteiger partial charge in [0, 0.05) is 23.9 Å². The number of amides is 1. The number of rotatable bonds is 7. The number of thioether (sulfide) groups is 1. The Morgan fingerprint density at radius 1 is 1.21 bits per heavy atom. The van der Waals surface area contributed by atoms with E-state index < -0.39 is 11.6 Å². The van der Waals surface area contributed by atoms with Gasteiger partial charge in [-0.1, -0.05) is 41.6 Å². The smallest absolute Gasteiger partial charge is 0.234 e. The highest BCUT2D eigenvalue weighted by atomic mass is 35.5. The Morgan fingerprint density at radius 2 is 2.00 bits per heavy atom. The molecule has 5 nitrogen and oxygen atoms in total. The first kappa shape index (κ1) is 20.0. The van der Waals surface area contributed by atoms with Gasteiger partial charge in [0.05, 0.1) is 10.8 Å². The van der Waals surface area contributed by atoms with Crippen LogP contribution < -0.4 is 5.32 Å². The summed E-state index contributed by atoms with van der Waals surface area (Å²) < 4.78 is 28.0. The molecule has 144 valence electrons. The molecule has 0 unspecified atom stereocenters. The van der Waals surface area contributed by atoms with Crippen LogP contribution in [0.1, 0.15) is 0 Å². The van der Waals surface area contributed by atoms with E-state index in [9.17, 15) is 13.6 Å². The van der Waals surface area contributed by atoms with E-state index >= 15 is 0 Å². The Morgan fingerprint density at radius 3 is 2.71 bits per heavy atom. The van der Waals surface area contributed by atoms with Gasteiger partial charge < -0.3 is 5.32 Å². The van der Waals surface area contributed by atoms with Crippen molar-refractivity contribution in [3.8, 4) is 11.4 Å². The number of halogens is 3. The van der Waals surface area contributed by atoms with E-state index in [1.54, 1.807) is 16.7 Å². The van der Waals surface area contributed by atoms with E-state index in [2.05, 4.69) is 22.1 Å². The van der Waals surface area contributed by atoms with Gasteiger partial charge in [-0.3, -0.25) is 9.36 Å². The van der Waals surface area contributed by atoms with Gasteiger partial charge in [0.2, 0.25) is 5.91 Å². The molecule has 0 aliphatic heterocycles. The molecule has 3 rings (SSSR count). The van der Waals surface area contributed by atoms with Gasteiger partial charge in [0.25, 0.3) is 0 Å². The molecule has 0 bridgehead atoms. The second-order valence-corrected chi connectivity index (χ2v) is 7.00. The first-order chi connectivity index (χ1) is 13.5. The van der Waals surface area contributed by atoms with Crippen LogP contribution in [0.2, 0.25) is 5.02 Å². The number of hydrogen-bond acceptors (Lipinski definition) is 4. The molecule has 0 aliphatic rings. The zero-order valence-corrected chi connectivity index (χ0v) is 16.1. The van der Waals surface area contributed by atoms with Gasteiger partial charge in [-0.2, -0.15) is 0 Å². The van der Waals surface area contributed by atoms with Gasteiger partial charge in [-0.15, -0.1) is 16.8 Å². The molecule has 0 atom stereocenters. The lowest BCUT2D eigenvalue weighted by Crippen LogP contribution is -2.15. The Labute approximate surface area is 169 Å². The average molecular weight is 421 g/mol. The summed E-state index contributed by atoms with van der Waals surface area (Å²) in [4.78, 5) is 12.1. The highest BCUT2D eigenvalue weighted by Gasteiger charge is 2.17. The lowest BCUT2D eigenvalue weighted by molar-refractivity contribution is -0.113. The molecule has 0 spiro atoms. The molecule has 3 aromatic rings. The van der Waals surface area contributed by atoms with Crippen LogP contribution in [0, 0.1) is 11.6 Å². The maximum Gasteiger partial charge on any atom is 0.234 e. The molecular formula is C19H15ClF2N4OS. The predicted octanol–water partition coefficient (Wildman–Crippen LogP) is 4.79. The van der Waals surface area contributed by atoms with Gasteiger partial charge >= 0.3 is 0 Å². The van der Waals surface area contributed by atoms with Crippen LogP contribution in [-0.2, 0) is 11.3 Å². The van der Waals surface area contributed by atoms with Gasteiger partial charge in [-0.05, 0) is 24.3 Å². The quantitative estimate of drug-likeness (QED) is 0.441. The van der Waals surface area contributed by atoms with Crippen LogP contribution in [0.3, 0.4) is 0 Å². The molecule has 0 saturated carbocycles. The fourth-order valence-electron chi connectivity index (χ4n) is 2.43. The highest BCUT2D eigenvalue weighted by Crippen LogP contribution is 2.29. The predicted molar refractivity (Wildman–Crippen MR) is 106 cm³/mol. The lowest BCUT2D eigenvalue weighted by Gasteiger charge is -2.09. The number of anilines is 1. The first-order valence-corrected chi connectivity index (χ1v) is 9.52. The van der Waals surface area contributed by atoms with Crippen molar-refractivity contribution in [1.29, 1.82) is 0 Å². The number of hydrogen-bond donors (Lipinski definition) is 1. The van der Waals surface area contributed by atoms with Crippen LogP contribution >= 0.6 is 23.4 Å². The normalized spacial score (nSPS) is 10.7. The van der Waals surface area contributed by atoms with Crippen molar-refractivity contribution < 1.29 is 13.6 Å². The van der Waals surface area contributed by atoms with Crippen LogP contribution in [0.5, 0.6) is 0 Å². The Balaban J connectivity index is 1.73. The number of nitrogens with zero attached hydrogens (tertiary/aromatic N) is 3. The summed E-state index contributed by atoms with van der Waals surface area (Å²) in [7, 11) is 0. The molecule has 1 N–H and O–H groups in total. The molecule has 0 fully saturated rings. The largest absolute Gasteiger partial charge is 0.325 e. The molecule has 1 amide bonds. The van der Waals surface area contributed by atoms with E-state index in [0.29, 0.717) is 22.5 Å². The summed E-state index contributed by atoms with van der Waals surface area (Å²) in [6.45, 7) is 4.17. The van der Waals surface area contributed by atoms with Gasteiger partial charge in [0.15, 0.2) is 22.6 Å². The third kappa shape index (κ3) is 4.58. The molecule has 0 aliphatic carbocycles. The number of carbonyl (C=O) groups is 1. The summed E-state index contributed by atoms with van der Waals surface area (Å²) >= 11 is 7.41. The van der Waals surface area contributed by atoms with Crippen molar-refractivity contribution >= 4 is 35.0 Å². The Hall–Kier alpha value is -2.71. The first-order valence-electron chi connectivity index (χ1n) is 8.16. The second kappa shape index (κ2) is 8.99. The average Bonchev–Trinajstić information content (AvgIpc) is 3.06. The SMILES string of the molecule is C=CCn1c(SCC(=O)Nc2ccc(F)c(F)c2)nnc1-c1ccccc1Cl. The van der Waals surface area contributed by atoms with Crippen molar-refractivity contribution in [2.45, 2.75) is 11.7 Å². The fraction of sp³-hybridized carbons (Fsp3) is 0.105. The van der Waals surface area contributed by atoms with Crippen molar-refractivity contribution in [2.75, 3.05) is 11.1 Å². The topological polar surface area (TPSA) is 59.8 Å². The number of nitrogens with one attached hydrogen (secondary N) is 1. The molecule has 2 aromatic carbocycles. The van der Waals surface area contributed by atoms with E-state index in [-0.39, 0.29) is 17.3 Å². The summed E-state index contributed by atoms with van der Waals surface area (Å²) in [6, 6.07) is 10.4. The minimum absolute atomic E-state index is 0.0107. The molecule has 0 saturated heterocycles. The highest BCUT2D eigenvalue weighted by molar-refractivity contribution is 7.99. The number of benzene rings is 2. The van der Waals surface area contributed by atoms with E-state index in [1.807, 2.05) is 18.2 Å². The summed E-state index contributed by atoms with van der Waals surface area (Å²) in [6.07, 6.45) is 1.69. The zero-order valence-electron chi connectivity index (χ0n) is 14.5. The molecule has 1 heterocycles. The van der Waals surface area contributed by atoms with Crippen molar-refractivity contribution in [1.82, 2.24) is 14.8 Å². The second-order valence-electron chi connectivity index (χ2n) is 5.65. The fourth-order valence-corrected chi connectivity index (χ4v) is 3.40. The summed E-state index contributed by atoms with van der Waals surface area (Å²) in [5, 5.41) is 11.9. The molecule has 0 radical (unpaired) electrons. The van der Waals surface area contributed by atoms with Crippen LogP contribution in [0.25, 0.3) is 11.4 Å². The van der Waals surface area contributed by atoms with Crippen LogP contribution in [-0.4, -0.2) is 26.4 Å². The molecule has 9 heteroatoms. The van der Waals surface area contributed by atoms with E-state index in [4.69, 9.17) is 11.6 Å². The maximum atomic E-state index is 13.2. The summed E-state index contributed by atoms with van der Waals surface area (Å²) in [5.74, 6) is -1.81. The van der Waals surface area contributed by atoms with Crippen LogP contribution in [0.4, 0.5) is 14.5 Å². The minimum Gasteiger partial charge on any atom is -0.325 e. The lowest BCUT2D eigenvalue weighted by atomic mass is 10.2. The number of aromatic nitrogens is 3. The van der Waals surface area contributed by atoms with Gasteiger partial charge in [-0.25, -0.2) is 8.78 Å². The Kier molecular flexibility index (Phi) is 6.43. The monoisotopic (exact) mass is 420 g/mol. The van der Waals surface area contributed by atoms with E-state index in [0.717, 1.165) is 29.5 Å². The summed E-state index contributed by atoms with van der Waals surface area (Å²) in [5.41, 5.74) is 0.894. The minimum atomic E-state index is -1.03. The van der Waals surface area contributed by atoms with Crippen LogP contribution in [0.15, 0.2) is 60.3 Å². The van der Waals surface area contributed by atoms with Crippen molar-refractivity contribution in [3.63, 3.8) is 0 Å². The zero-order chi connectivity index (χ0) is 20.1. The maximum absolute atomic E-state index is 13.2.